The lowest BCUT2D eigenvalue weighted by Crippen LogP contribution is -2.37. The lowest BCUT2D eigenvalue weighted by Gasteiger charge is -2.39. The molecule has 1 saturated heterocycles. The molecule has 1 aromatic carbocycles. The van der Waals surface area contributed by atoms with Crippen LogP contribution in [0.2, 0.25) is 10.0 Å². The molecule has 5 rings (SSSR count). The van der Waals surface area contributed by atoms with Gasteiger partial charge in [-0.2, -0.15) is 5.26 Å². The Hall–Kier alpha value is -1.94. The van der Waals surface area contributed by atoms with E-state index in [2.05, 4.69) is 21.6 Å². The van der Waals surface area contributed by atoms with E-state index in [1.807, 2.05) is 0 Å². The van der Waals surface area contributed by atoms with Gasteiger partial charge >= 0.3 is 6.03 Å². The molecular formula is C17H14Cl2N4OS. The highest BCUT2D eigenvalue weighted by Crippen LogP contribution is 2.51. The van der Waals surface area contributed by atoms with Crippen molar-refractivity contribution in [2.24, 2.45) is 0 Å². The van der Waals surface area contributed by atoms with Gasteiger partial charge in [-0.05, 0) is 37.0 Å². The maximum atomic E-state index is 12.3. The highest BCUT2D eigenvalue weighted by molar-refractivity contribution is 7.20. The third kappa shape index (κ3) is 2.93. The molecule has 0 spiro atoms. The van der Waals surface area contributed by atoms with Crippen LogP contribution in [0.25, 0.3) is 0 Å². The van der Waals surface area contributed by atoms with E-state index < -0.39 is 6.03 Å². The molecule has 8 heteroatoms. The standard InChI is InChI=1S/C17H14Cl2N4OS/c18-12-2-1-10(7-13(12)19)21-17(24)22-15-11(8-20)14-9-3-5-23(6-4-9)16(14)25-15/h1-2,7,9H,3-6H2,(H2,21,22,24). The number of nitriles is 1. The van der Waals surface area contributed by atoms with Gasteiger partial charge in [-0.15, -0.1) is 0 Å². The molecule has 3 aliphatic rings. The van der Waals surface area contributed by atoms with Gasteiger partial charge in [0.1, 0.15) is 11.1 Å². The predicted molar refractivity (Wildman–Crippen MR) is 102 cm³/mol. The molecule has 2 amide bonds. The largest absolute Gasteiger partial charge is 0.363 e. The van der Waals surface area contributed by atoms with E-state index in [1.165, 1.54) is 11.3 Å². The number of nitrogens with one attached hydrogen (secondary N) is 2. The molecular weight excluding hydrogens is 379 g/mol. The van der Waals surface area contributed by atoms with Gasteiger partial charge < -0.3 is 10.2 Å². The first kappa shape index (κ1) is 16.5. The zero-order valence-corrected chi connectivity index (χ0v) is 15.4. The van der Waals surface area contributed by atoms with E-state index in [9.17, 15) is 10.1 Å². The highest BCUT2D eigenvalue weighted by Gasteiger charge is 2.36. The van der Waals surface area contributed by atoms with Crippen LogP contribution in [-0.2, 0) is 0 Å². The molecule has 0 unspecified atom stereocenters. The van der Waals surface area contributed by atoms with Crippen LogP contribution in [0.15, 0.2) is 18.2 Å². The minimum Gasteiger partial charge on any atom is -0.363 e. The number of hydrogen-bond acceptors (Lipinski definition) is 4. The van der Waals surface area contributed by atoms with E-state index in [1.54, 1.807) is 18.2 Å². The molecule has 5 nitrogen and oxygen atoms in total. The molecule has 2 bridgehead atoms. The Morgan fingerprint density at radius 2 is 2.00 bits per heavy atom. The lowest BCUT2D eigenvalue weighted by molar-refractivity contribution is 0.262. The van der Waals surface area contributed by atoms with Crippen LogP contribution in [0.5, 0.6) is 0 Å². The van der Waals surface area contributed by atoms with Crippen LogP contribution in [-0.4, -0.2) is 19.1 Å². The fourth-order valence-corrected chi connectivity index (χ4v) is 5.04. The molecule has 25 heavy (non-hydrogen) atoms. The SMILES string of the molecule is N#Cc1c(NC(=O)Nc2ccc(Cl)c(Cl)c2)sc2c1C1CCN2CC1. The van der Waals surface area contributed by atoms with Crippen molar-refractivity contribution in [1.82, 2.24) is 0 Å². The molecule has 1 fully saturated rings. The van der Waals surface area contributed by atoms with Crippen molar-refractivity contribution in [2.75, 3.05) is 28.6 Å². The summed E-state index contributed by atoms with van der Waals surface area (Å²) in [5, 5.41) is 17.7. The molecule has 2 aromatic rings. The average molecular weight is 393 g/mol. The highest BCUT2D eigenvalue weighted by atomic mass is 35.5. The number of urea groups is 1. The Morgan fingerprint density at radius 3 is 2.68 bits per heavy atom. The van der Waals surface area contributed by atoms with Crippen LogP contribution in [0, 0.1) is 11.3 Å². The van der Waals surface area contributed by atoms with Crippen molar-refractivity contribution in [3.8, 4) is 6.07 Å². The van der Waals surface area contributed by atoms with E-state index >= 15 is 0 Å². The summed E-state index contributed by atoms with van der Waals surface area (Å²) in [6, 6.07) is 6.74. The lowest BCUT2D eigenvalue weighted by atomic mass is 9.84. The Kier molecular flexibility index (Phi) is 4.24. The monoisotopic (exact) mass is 392 g/mol. The quantitative estimate of drug-likeness (QED) is 0.731. The number of anilines is 3. The number of carbonyl (C=O) groups excluding carboxylic acids is 1. The third-order valence-electron chi connectivity index (χ3n) is 4.63. The maximum Gasteiger partial charge on any atom is 0.324 e. The van der Waals surface area contributed by atoms with Crippen molar-refractivity contribution in [2.45, 2.75) is 18.8 Å². The summed E-state index contributed by atoms with van der Waals surface area (Å²) in [5.74, 6) is 0.430. The van der Waals surface area contributed by atoms with E-state index in [0.29, 0.717) is 32.2 Å². The van der Waals surface area contributed by atoms with Gasteiger partial charge in [-0.3, -0.25) is 5.32 Å². The average Bonchev–Trinajstić information content (AvgIpc) is 2.99. The van der Waals surface area contributed by atoms with Gasteiger partial charge in [0.25, 0.3) is 0 Å². The zero-order valence-electron chi connectivity index (χ0n) is 13.1. The Balaban J connectivity index is 1.57. The molecule has 128 valence electrons. The zero-order chi connectivity index (χ0) is 17.6. The Labute approximate surface area is 159 Å². The van der Waals surface area contributed by atoms with Gasteiger partial charge in [0.05, 0.1) is 20.6 Å². The summed E-state index contributed by atoms with van der Waals surface area (Å²) in [7, 11) is 0. The first-order valence-electron chi connectivity index (χ1n) is 7.91. The van der Waals surface area contributed by atoms with Crippen molar-refractivity contribution in [3.05, 3.63) is 39.4 Å². The molecule has 0 atom stereocenters. The second kappa shape index (κ2) is 6.41. The number of thiophene rings is 1. The predicted octanol–water partition coefficient (Wildman–Crippen LogP) is 5.27. The molecule has 0 radical (unpaired) electrons. The van der Waals surface area contributed by atoms with Crippen molar-refractivity contribution in [3.63, 3.8) is 0 Å². The number of nitrogens with zero attached hydrogens (tertiary/aromatic N) is 2. The summed E-state index contributed by atoms with van der Waals surface area (Å²) in [5.41, 5.74) is 2.24. The Morgan fingerprint density at radius 1 is 1.24 bits per heavy atom. The number of amides is 2. The first-order valence-corrected chi connectivity index (χ1v) is 9.49. The third-order valence-corrected chi connectivity index (χ3v) is 6.55. The Bertz CT molecular complexity index is 897. The fourth-order valence-electron chi connectivity index (χ4n) is 3.46. The smallest absolute Gasteiger partial charge is 0.324 e. The number of benzene rings is 1. The topological polar surface area (TPSA) is 68.2 Å². The van der Waals surface area contributed by atoms with Gasteiger partial charge in [0, 0.05) is 24.3 Å². The molecule has 3 aliphatic heterocycles. The van der Waals surface area contributed by atoms with Crippen molar-refractivity contribution >= 4 is 56.3 Å². The summed E-state index contributed by atoms with van der Waals surface area (Å²) >= 11 is 13.3. The van der Waals surface area contributed by atoms with Crippen molar-refractivity contribution < 1.29 is 4.79 Å². The second-order valence-corrected chi connectivity index (χ2v) is 7.92. The molecule has 1 aromatic heterocycles. The number of hydrogen-bond donors (Lipinski definition) is 2. The number of carbonyl (C=O) groups is 1. The van der Waals surface area contributed by atoms with E-state index in [0.717, 1.165) is 36.5 Å². The van der Waals surface area contributed by atoms with Gasteiger partial charge in [0.15, 0.2) is 0 Å². The maximum absolute atomic E-state index is 12.3. The van der Waals surface area contributed by atoms with Crippen molar-refractivity contribution in [1.29, 1.82) is 5.26 Å². The number of halogens is 2. The summed E-state index contributed by atoms with van der Waals surface area (Å²) < 4.78 is 0. The van der Waals surface area contributed by atoms with Crippen LogP contribution >= 0.6 is 34.5 Å². The van der Waals surface area contributed by atoms with Gasteiger partial charge in [-0.1, -0.05) is 34.5 Å². The molecule has 4 heterocycles. The van der Waals surface area contributed by atoms with Crippen LogP contribution < -0.4 is 15.5 Å². The summed E-state index contributed by atoms with van der Waals surface area (Å²) in [4.78, 5) is 14.6. The number of piperidine rings is 1. The summed E-state index contributed by atoms with van der Waals surface area (Å²) in [6.45, 7) is 2.05. The second-order valence-electron chi connectivity index (χ2n) is 6.11. The molecule has 0 saturated carbocycles. The van der Waals surface area contributed by atoms with Crippen LogP contribution in [0.3, 0.4) is 0 Å². The van der Waals surface area contributed by atoms with Crippen LogP contribution in [0.4, 0.5) is 20.5 Å². The van der Waals surface area contributed by atoms with Crippen LogP contribution in [0.1, 0.15) is 29.9 Å². The van der Waals surface area contributed by atoms with Gasteiger partial charge in [-0.25, -0.2) is 4.79 Å². The molecule has 0 aliphatic carbocycles. The minimum atomic E-state index is -0.407. The minimum absolute atomic E-state index is 0.369. The molecule has 2 N–H and O–H groups in total. The number of fused-ring (bicyclic) bond motifs is 2. The van der Waals surface area contributed by atoms with Gasteiger partial charge in [0.2, 0.25) is 0 Å². The summed E-state index contributed by atoms with van der Waals surface area (Å²) in [6.07, 6.45) is 2.15. The number of rotatable bonds is 2. The normalized spacial score (nSPS) is 15.6. The van der Waals surface area contributed by atoms with E-state index in [4.69, 9.17) is 23.2 Å². The first-order chi connectivity index (χ1) is 12.1. The fraction of sp³-hybridized carbons (Fsp3) is 0.294. The van der Waals surface area contributed by atoms with E-state index in [-0.39, 0.29) is 0 Å².